The van der Waals surface area contributed by atoms with E-state index in [9.17, 15) is 0 Å². The number of nitrogens with two attached hydrogens (primary N) is 1. The fourth-order valence-corrected chi connectivity index (χ4v) is 2.88. The molecule has 2 N–H and O–H groups in total. The van der Waals surface area contributed by atoms with Gasteiger partial charge in [0, 0.05) is 29.9 Å². The molecule has 0 bridgehead atoms. The topological polar surface area (TPSA) is 42.1 Å². The summed E-state index contributed by atoms with van der Waals surface area (Å²) >= 11 is 0. The van der Waals surface area contributed by atoms with E-state index in [0.29, 0.717) is 12.5 Å². The lowest BCUT2D eigenvalue weighted by molar-refractivity contribution is 0.585. The first-order valence-corrected chi connectivity index (χ1v) is 7.61. The van der Waals surface area contributed by atoms with E-state index >= 15 is 0 Å². The third-order valence-corrected chi connectivity index (χ3v) is 4.16. The molecule has 1 atom stereocenters. The van der Waals surface area contributed by atoms with Crippen LogP contribution in [0.25, 0.3) is 10.9 Å². The molecule has 1 aromatic carbocycles. The Hall–Kier alpha value is -1.61. The van der Waals surface area contributed by atoms with E-state index in [-0.39, 0.29) is 0 Å². The van der Waals surface area contributed by atoms with Crippen molar-refractivity contribution in [2.45, 2.75) is 26.2 Å². The second-order valence-electron chi connectivity index (χ2n) is 5.92. The van der Waals surface area contributed by atoms with Crippen LogP contribution in [0.4, 0.5) is 5.69 Å². The highest BCUT2D eigenvalue weighted by molar-refractivity contribution is 5.82. The number of rotatable bonds is 4. The van der Waals surface area contributed by atoms with Crippen molar-refractivity contribution in [3.8, 4) is 0 Å². The van der Waals surface area contributed by atoms with E-state index in [1.807, 2.05) is 0 Å². The quantitative estimate of drug-likeness (QED) is 0.928. The number of fused-ring (bicyclic) bond motifs is 1. The highest BCUT2D eigenvalue weighted by Crippen LogP contribution is 2.24. The van der Waals surface area contributed by atoms with Crippen molar-refractivity contribution < 1.29 is 0 Å². The first-order valence-electron chi connectivity index (χ1n) is 7.61. The number of hydrogen-bond donors (Lipinski definition) is 1. The normalized spacial score (nSPS) is 16.8. The molecule has 3 nitrogen and oxygen atoms in total. The zero-order chi connectivity index (χ0) is 13.9. The number of hydrogen-bond acceptors (Lipinski definition) is 3. The number of anilines is 1. The van der Waals surface area contributed by atoms with Gasteiger partial charge in [0.2, 0.25) is 0 Å². The molecule has 0 spiro atoms. The molecule has 0 amide bonds. The number of pyridine rings is 1. The Morgan fingerprint density at radius 2 is 2.00 bits per heavy atom. The molecule has 3 heteroatoms. The van der Waals surface area contributed by atoms with Crippen LogP contribution in [-0.2, 0) is 6.42 Å². The first kappa shape index (κ1) is 13.4. The monoisotopic (exact) mass is 269 g/mol. The van der Waals surface area contributed by atoms with Crippen molar-refractivity contribution in [3.63, 3.8) is 0 Å². The summed E-state index contributed by atoms with van der Waals surface area (Å²) in [4.78, 5) is 7.22. The van der Waals surface area contributed by atoms with Crippen LogP contribution in [0.2, 0.25) is 0 Å². The van der Waals surface area contributed by atoms with Crippen LogP contribution in [0.1, 0.15) is 25.5 Å². The predicted molar refractivity (Wildman–Crippen MR) is 85.1 cm³/mol. The van der Waals surface area contributed by atoms with Gasteiger partial charge in [0.25, 0.3) is 0 Å². The van der Waals surface area contributed by atoms with Gasteiger partial charge in [0.05, 0.1) is 5.52 Å². The van der Waals surface area contributed by atoms with Gasteiger partial charge >= 0.3 is 0 Å². The standard InChI is InChI=1S/C17H23N3/c1-13(12-18)10-15-5-4-14-11-16(6-7-17(14)19-15)20-8-2-3-9-20/h4-7,11,13H,2-3,8-10,12,18H2,1H3. The van der Waals surface area contributed by atoms with E-state index in [2.05, 4.69) is 42.2 Å². The molecule has 1 fully saturated rings. The third kappa shape index (κ3) is 2.78. The maximum atomic E-state index is 5.69. The van der Waals surface area contributed by atoms with Crippen LogP contribution in [0.3, 0.4) is 0 Å². The maximum absolute atomic E-state index is 5.69. The summed E-state index contributed by atoms with van der Waals surface area (Å²) < 4.78 is 0. The van der Waals surface area contributed by atoms with E-state index in [1.165, 1.54) is 37.0 Å². The summed E-state index contributed by atoms with van der Waals surface area (Å²) in [6, 6.07) is 11.0. The van der Waals surface area contributed by atoms with Gasteiger partial charge in [-0.3, -0.25) is 4.98 Å². The molecule has 0 aliphatic carbocycles. The minimum atomic E-state index is 0.490. The summed E-state index contributed by atoms with van der Waals surface area (Å²) in [6.45, 7) is 5.26. The van der Waals surface area contributed by atoms with Crippen LogP contribution >= 0.6 is 0 Å². The van der Waals surface area contributed by atoms with Gasteiger partial charge in [0.1, 0.15) is 0 Å². The Bertz CT molecular complexity index is 588. The van der Waals surface area contributed by atoms with Crippen molar-refractivity contribution >= 4 is 16.6 Å². The minimum Gasteiger partial charge on any atom is -0.372 e. The lowest BCUT2D eigenvalue weighted by Gasteiger charge is -2.18. The molecule has 3 rings (SSSR count). The van der Waals surface area contributed by atoms with Gasteiger partial charge in [-0.2, -0.15) is 0 Å². The van der Waals surface area contributed by atoms with Crippen LogP contribution in [0.5, 0.6) is 0 Å². The second-order valence-corrected chi connectivity index (χ2v) is 5.92. The number of benzene rings is 1. The molecule has 1 unspecified atom stereocenters. The average Bonchev–Trinajstić information content (AvgIpc) is 3.01. The fourth-order valence-electron chi connectivity index (χ4n) is 2.88. The zero-order valence-corrected chi connectivity index (χ0v) is 12.2. The van der Waals surface area contributed by atoms with Gasteiger partial charge in [-0.1, -0.05) is 13.0 Å². The molecule has 106 valence electrons. The van der Waals surface area contributed by atoms with Crippen molar-refractivity contribution in [3.05, 3.63) is 36.0 Å². The molecular weight excluding hydrogens is 246 g/mol. The van der Waals surface area contributed by atoms with Crippen molar-refractivity contribution in [2.24, 2.45) is 11.7 Å². The van der Waals surface area contributed by atoms with E-state index < -0.39 is 0 Å². The Morgan fingerprint density at radius 1 is 1.20 bits per heavy atom. The molecule has 0 saturated carbocycles. The Balaban J connectivity index is 1.86. The average molecular weight is 269 g/mol. The summed E-state index contributed by atoms with van der Waals surface area (Å²) in [6.07, 6.45) is 3.58. The van der Waals surface area contributed by atoms with Crippen LogP contribution < -0.4 is 10.6 Å². The Kier molecular flexibility index (Phi) is 3.88. The molecule has 0 radical (unpaired) electrons. The largest absolute Gasteiger partial charge is 0.372 e. The maximum Gasteiger partial charge on any atom is 0.0706 e. The van der Waals surface area contributed by atoms with Gasteiger partial charge in [-0.05, 0) is 56.0 Å². The lowest BCUT2D eigenvalue weighted by atomic mass is 10.0. The number of aromatic nitrogens is 1. The number of nitrogens with zero attached hydrogens (tertiary/aromatic N) is 2. The second kappa shape index (κ2) is 5.80. The van der Waals surface area contributed by atoms with Crippen molar-refractivity contribution in [1.82, 2.24) is 4.98 Å². The van der Waals surface area contributed by atoms with E-state index in [1.54, 1.807) is 0 Å². The lowest BCUT2D eigenvalue weighted by Crippen LogP contribution is -2.17. The molecule has 20 heavy (non-hydrogen) atoms. The summed E-state index contributed by atoms with van der Waals surface area (Å²) in [5, 5.41) is 1.23. The minimum absolute atomic E-state index is 0.490. The van der Waals surface area contributed by atoms with Gasteiger partial charge in [0.15, 0.2) is 0 Å². The Labute approximate surface area is 120 Å². The van der Waals surface area contributed by atoms with E-state index in [0.717, 1.165) is 17.6 Å². The van der Waals surface area contributed by atoms with E-state index in [4.69, 9.17) is 10.7 Å². The molecule has 1 aromatic heterocycles. The highest BCUT2D eigenvalue weighted by Gasteiger charge is 2.12. The molecule has 1 saturated heterocycles. The smallest absolute Gasteiger partial charge is 0.0706 e. The van der Waals surface area contributed by atoms with Crippen LogP contribution in [0, 0.1) is 5.92 Å². The molecule has 2 aromatic rings. The molecular formula is C17H23N3. The predicted octanol–water partition coefficient (Wildman–Crippen LogP) is 2.97. The SMILES string of the molecule is CC(CN)Cc1ccc2cc(N3CCCC3)ccc2n1. The van der Waals surface area contributed by atoms with Gasteiger partial charge < -0.3 is 10.6 Å². The fraction of sp³-hybridized carbons (Fsp3) is 0.471. The van der Waals surface area contributed by atoms with Crippen molar-refractivity contribution in [1.29, 1.82) is 0 Å². The highest BCUT2D eigenvalue weighted by atomic mass is 15.1. The third-order valence-electron chi connectivity index (χ3n) is 4.16. The van der Waals surface area contributed by atoms with Gasteiger partial charge in [-0.25, -0.2) is 0 Å². The Morgan fingerprint density at radius 3 is 2.75 bits per heavy atom. The van der Waals surface area contributed by atoms with Crippen LogP contribution in [-0.4, -0.2) is 24.6 Å². The molecule has 1 aliphatic heterocycles. The zero-order valence-electron chi connectivity index (χ0n) is 12.2. The first-order chi connectivity index (χ1) is 9.76. The summed E-state index contributed by atoms with van der Waals surface area (Å²) in [5.41, 5.74) is 9.26. The molecule has 2 heterocycles. The van der Waals surface area contributed by atoms with Crippen molar-refractivity contribution in [2.75, 3.05) is 24.5 Å². The van der Waals surface area contributed by atoms with Gasteiger partial charge in [-0.15, -0.1) is 0 Å². The van der Waals surface area contributed by atoms with Crippen LogP contribution in [0.15, 0.2) is 30.3 Å². The molecule has 1 aliphatic rings. The summed E-state index contributed by atoms with van der Waals surface area (Å²) in [7, 11) is 0. The summed E-state index contributed by atoms with van der Waals surface area (Å²) in [5.74, 6) is 0.490.